The van der Waals surface area contributed by atoms with Gasteiger partial charge < -0.3 is 15.4 Å². The lowest BCUT2D eigenvalue weighted by Crippen LogP contribution is -2.59. The van der Waals surface area contributed by atoms with Gasteiger partial charge in [0.1, 0.15) is 5.82 Å². The van der Waals surface area contributed by atoms with Crippen molar-refractivity contribution < 1.29 is 18.7 Å². The minimum absolute atomic E-state index is 0.0164. The number of hydrogen-bond acceptors (Lipinski definition) is 4. The summed E-state index contributed by atoms with van der Waals surface area (Å²) in [6.07, 6.45) is 5.98. The quantitative estimate of drug-likeness (QED) is 0.704. The van der Waals surface area contributed by atoms with Crippen LogP contribution in [0, 0.1) is 5.82 Å². The van der Waals surface area contributed by atoms with Crippen molar-refractivity contribution in [3.05, 3.63) is 34.6 Å². The average molecular weight is 426 g/mol. The number of carbonyl (C=O) groups excluding carboxylic acids is 2. The van der Waals surface area contributed by atoms with E-state index in [1.807, 2.05) is 0 Å². The number of ether oxygens (including phenoxy) is 1. The SMILES string of the molecule is O=C(CCNC(=O)c1ccc(F)cc1Cl)NCC1(N2CCOCC2)CCCCC1. The Morgan fingerprint density at radius 2 is 1.86 bits per heavy atom. The number of benzene rings is 1. The Morgan fingerprint density at radius 1 is 1.14 bits per heavy atom. The van der Waals surface area contributed by atoms with Crippen LogP contribution in [0.3, 0.4) is 0 Å². The summed E-state index contributed by atoms with van der Waals surface area (Å²) in [7, 11) is 0. The summed E-state index contributed by atoms with van der Waals surface area (Å²) >= 11 is 5.90. The smallest absolute Gasteiger partial charge is 0.252 e. The zero-order valence-corrected chi connectivity index (χ0v) is 17.4. The Bertz CT molecular complexity index is 719. The first kappa shape index (κ1) is 22.0. The maximum atomic E-state index is 13.1. The summed E-state index contributed by atoms with van der Waals surface area (Å²) in [4.78, 5) is 27.0. The summed E-state index contributed by atoms with van der Waals surface area (Å²) in [5.74, 6) is -1.00. The fraction of sp³-hybridized carbons (Fsp3) is 0.619. The minimum atomic E-state index is -0.497. The zero-order chi connectivity index (χ0) is 20.7. The van der Waals surface area contributed by atoms with Crippen LogP contribution in [-0.2, 0) is 9.53 Å². The molecule has 2 fully saturated rings. The second kappa shape index (κ2) is 10.4. The van der Waals surface area contributed by atoms with Crippen molar-refractivity contribution in [2.24, 2.45) is 0 Å². The van der Waals surface area contributed by atoms with E-state index in [0.29, 0.717) is 6.54 Å². The summed E-state index contributed by atoms with van der Waals surface area (Å²) < 4.78 is 18.6. The van der Waals surface area contributed by atoms with Crippen LogP contribution >= 0.6 is 11.6 Å². The molecule has 2 amide bonds. The molecule has 1 aromatic rings. The summed E-state index contributed by atoms with van der Waals surface area (Å²) in [6.45, 7) is 4.13. The number of halogens is 2. The molecule has 1 saturated heterocycles. The lowest BCUT2D eigenvalue weighted by atomic mass is 9.79. The van der Waals surface area contributed by atoms with Crippen LogP contribution in [0.1, 0.15) is 48.9 Å². The van der Waals surface area contributed by atoms with Crippen LogP contribution in [0.25, 0.3) is 0 Å². The van der Waals surface area contributed by atoms with Gasteiger partial charge in [0.25, 0.3) is 5.91 Å². The highest BCUT2D eigenvalue weighted by molar-refractivity contribution is 6.33. The van der Waals surface area contributed by atoms with Crippen LogP contribution in [0.15, 0.2) is 18.2 Å². The Labute approximate surface area is 176 Å². The Kier molecular flexibility index (Phi) is 7.86. The van der Waals surface area contributed by atoms with E-state index in [1.165, 1.54) is 31.4 Å². The van der Waals surface area contributed by atoms with Crippen LogP contribution < -0.4 is 10.6 Å². The third-order valence-electron chi connectivity index (χ3n) is 5.89. The van der Waals surface area contributed by atoms with Crippen molar-refractivity contribution in [3.8, 4) is 0 Å². The number of rotatable bonds is 7. The maximum absolute atomic E-state index is 13.1. The van der Waals surface area contributed by atoms with Gasteiger partial charge >= 0.3 is 0 Å². The topological polar surface area (TPSA) is 70.7 Å². The first-order chi connectivity index (χ1) is 14.0. The van der Waals surface area contributed by atoms with Gasteiger partial charge in [-0.15, -0.1) is 0 Å². The van der Waals surface area contributed by atoms with E-state index in [1.54, 1.807) is 0 Å². The molecular formula is C21H29ClFN3O3. The highest BCUT2D eigenvalue weighted by atomic mass is 35.5. The first-order valence-corrected chi connectivity index (χ1v) is 10.7. The molecule has 160 valence electrons. The molecule has 1 aromatic carbocycles. The summed E-state index contributed by atoms with van der Waals surface area (Å²) in [5, 5.41) is 5.79. The second-order valence-corrected chi connectivity index (χ2v) is 8.20. The Hall–Kier alpha value is -1.70. The molecule has 2 N–H and O–H groups in total. The predicted molar refractivity (Wildman–Crippen MR) is 110 cm³/mol. The van der Waals surface area contributed by atoms with Crippen LogP contribution in [-0.4, -0.2) is 61.6 Å². The van der Waals surface area contributed by atoms with E-state index in [4.69, 9.17) is 16.3 Å². The lowest BCUT2D eigenvalue weighted by molar-refractivity contribution is -0.122. The van der Waals surface area contributed by atoms with Crippen LogP contribution in [0.2, 0.25) is 5.02 Å². The van der Waals surface area contributed by atoms with Gasteiger partial charge in [-0.25, -0.2) is 4.39 Å². The number of amides is 2. The molecule has 3 rings (SSSR count). The van der Waals surface area contributed by atoms with Crippen molar-refractivity contribution in [1.29, 1.82) is 0 Å². The number of nitrogens with one attached hydrogen (secondary N) is 2. The molecule has 6 nitrogen and oxygen atoms in total. The maximum Gasteiger partial charge on any atom is 0.252 e. The van der Waals surface area contributed by atoms with E-state index in [0.717, 1.165) is 45.2 Å². The average Bonchev–Trinajstić information content (AvgIpc) is 2.73. The second-order valence-electron chi connectivity index (χ2n) is 7.79. The minimum Gasteiger partial charge on any atom is -0.379 e. The third-order valence-corrected chi connectivity index (χ3v) is 6.21. The fourth-order valence-electron chi connectivity index (χ4n) is 4.26. The monoisotopic (exact) mass is 425 g/mol. The van der Waals surface area contributed by atoms with Gasteiger partial charge in [-0.3, -0.25) is 14.5 Å². The third kappa shape index (κ3) is 5.90. The largest absolute Gasteiger partial charge is 0.379 e. The summed E-state index contributed by atoms with van der Waals surface area (Å²) in [5.41, 5.74) is 0.213. The van der Waals surface area contributed by atoms with Crippen molar-refractivity contribution in [2.45, 2.75) is 44.1 Å². The Balaban J connectivity index is 1.46. The number of hydrogen-bond donors (Lipinski definition) is 2. The van der Waals surface area contributed by atoms with Crippen molar-refractivity contribution in [2.75, 3.05) is 39.4 Å². The molecule has 0 unspecified atom stereocenters. The van der Waals surface area contributed by atoms with Crippen LogP contribution in [0.4, 0.5) is 4.39 Å². The molecule has 1 aliphatic carbocycles. The Morgan fingerprint density at radius 3 is 2.55 bits per heavy atom. The molecule has 1 saturated carbocycles. The molecule has 2 aliphatic rings. The standard InChI is InChI=1S/C21H29ClFN3O3/c22-18-14-16(23)4-5-17(18)20(28)24-9-6-19(27)25-15-21(7-2-1-3-8-21)26-10-12-29-13-11-26/h4-5,14H,1-3,6-13,15H2,(H,24,28)(H,25,27). The van der Waals surface area contributed by atoms with E-state index in [9.17, 15) is 14.0 Å². The molecule has 29 heavy (non-hydrogen) atoms. The first-order valence-electron chi connectivity index (χ1n) is 10.3. The van der Waals surface area contributed by atoms with E-state index < -0.39 is 11.7 Å². The fourth-order valence-corrected chi connectivity index (χ4v) is 4.52. The molecule has 0 bridgehead atoms. The molecule has 1 heterocycles. The van der Waals surface area contributed by atoms with Crippen molar-refractivity contribution in [3.63, 3.8) is 0 Å². The molecule has 0 aromatic heterocycles. The highest BCUT2D eigenvalue weighted by Gasteiger charge is 2.38. The number of carbonyl (C=O) groups is 2. The van der Waals surface area contributed by atoms with Gasteiger partial charge in [-0.2, -0.15) is 0 Å². The zero-order valence-electron chi connectivity index (χ0n) is 16.6. The van der Waals surface area contributed by atoms with Gasteiger partial charge in [0.2, 0.25) is 5.91 Å². The van der Waals surface area contributed by atoms with Gasteiger partial charge in [0.05, 0.1) is 23.8 Å². The normalized spacial score (nSPS) is 19.5. The highest BCUT2D eigenvalue weighted by Crippen LogP contribution is 2.33. The van der Waals surface area contributed by atoms with Crippen molar-refractivity contribution >= 4 is 23.4 Å². The van der Waals surface area contributed by atoms with Gasteiger partial charge in [-0.1, -0.05) is 30.9 Å². The molecule has 0 spiro atoms. The van der Waals surface area contributed by atoms with Gasteiger partial charge in [0, 0.05) is 38.1 Å². The van der Waals surface area contributed by atoms with E-state index in [-0.39, 0.29) is 35.0 Å². The molecule has 1 aliphatic heterocycles. The summed E-state index contributed by atoms with van der Waals surface area (Å²) in [6, 6.07) is 3.61. The van der Waals surface area contributed by atoms with Gasteiger partial charge in [0.15, 0.2) is 0 Å². The van der Waals surface area contributed by atoms with E-state index >= 15 is 0 Å². The molecule has 0 atom stereocenters. The molecule has 0 radical (unpaired) electrons. The number of nitrogens with zero attached hydrogens (tertiary/aromatic N) is 1. The van der Waals surface area contributed by atoms with Gasteiger partial charge in [-0.05, 0) is 31.0 Å². The van der Waals surface area contributed by atoms with Crippen LogP contribution in [0.5, 0.6) is 0 Å². The van der Waals surface area contributed by atoms with Crippen molar-refractivity contribution in [1.82, 2.24) is 15.5 Å². The predicted octanol–water partition coefficient (Wildman–Crippen LogP) is 2.75. The lowest BCUT2D eigenvalue weighted by Gasteiger charge is -2.48. The number of morpholine rings is 1. The molecular weight excluding hydrogens is 397 g/mol. The molecule has 8 heteroatoms. The van der Waals surface area contributed by atoms with E-state index in [2.05, 4.69) is 15.5 Å².